The van der Waals surface area contributed by atoms with Crippen molar-refractivity contribution in [1.29, 1.82) is 0 Å². The van der Waals surface area contributed by atoms with Gasteiger partial charge in [-0.05, 0) is 25.3 Å². The normalized spacial score (nSPS) is 30.3. The van der Waals surface area contributed by atoms with Crippen molar-refractivity contribution < 1.29 is 9.53 Å². The second-order valence-electron chi connectivity index (χ2n) is 4.50. The van der Waals surface area contributed by atoms with Gasteiger partial charge in [-0.15, -0.1) is 0 Å². The van der Waals surface area contributed by atoms with Crippen LogP contribution in [0.15, 0.2) is 0 Å². The van der Waals surface area contributed by atoms with Gasteiger partial charge in [0.25, 0.3) is 0 Å². The first-order valence-corrected chi connectivity index (χ1v) is 5.81. The molecule has 0 aromatic rings. The third-order valence-corrected chi connectivity index (χ3v) is 3.47. The Balaban J connectivity index is 1.82. The second-order valence-corrected chi connectivity index (χ2v) is 4.50. The Labute approximate surface area is 91.0 Å². The summed E-state index contributed by atoms with van der Waals surface area (Å²) in [6.45, 7) is 3.49. The lowest BCUT2D eigenvalue weighted by Crippen LogP contribution is -2.41. The number of methoxy groups -OCH3 is 1. The predicted molar refractivity (Wildman–Crippen MR) is 57.6 cm³/mol. The molecule has 2 fully saturated rings. The zero-order valence-corrected chi connectivity index (χ0v) is 9.37. The molecule has 0 spiro atoms. The minimum atomic E-state index is 0.244. The first-order chi connectivity index (χ1) is 7.31. The number of hydrogen-bond donors (Lipinski definition) is 1. The zero-order chi connectivity index (χ0) is 10.7. The van der Waals surface area contributed by atoms with Crippen molar-refractivity contribution in [3.8, 4) is 0 Å². The van der Waals surface area contributed by atoms with Crippen LogP contribution in [-0.4, -0.2) is 50.2 Å². The van der Waals surface area contributed by atoms with E-state index in [4.69, 9.17) is 4.74 Å². The summed E-state index contributed by atoms with van der Waals surface area (Å²) in [7, 11) is 1.64. The molecule has 0 aromatic carbocycles. The standard InChI is InChI=1S/C11H20N2O2/c1-15-6-4-11(14)13-7-9-3-2-5-12-10(9)8-13/h9-10,12H,2-8H2,1H3/t9-,10+/m0/s1. The van der Waals surface area contributed by atoms with E-state index >= 15 is 0 Å². The summed E-state index contributed by atoms with van der Waals surface area (Å²) in [5.41, 5.74) is 0. The summed E-state index contributed by atoms with van der Waals surface area (Å²) in [6.07, 6.45) is 3.04. The van der Waals surface area contributed by atoms with Crippen molar-refractivity contribution in [2.45, 2.75) is 25.3 Å². The van der Waals surface area contributed by atoms with Crippen molar-refractivity contribution in [2.75, 3.05) is 33.4 Å². The molecule has 15 heavy (non-hydrogen) atoms. The third kappa shape index (κ3) is 2.49. The van der Waals surface area contributed by atoms with Gasteiger partial charge in [0.15, 0.2) is 0 Å². The van der Waals surface area contributed by atoms with Crippen LogP contribution in [0.5, 0.6) is 0 Å². The van der Waals surface area contributed by atoms with Crippen LogP contribution in [0.4, 0.5) is 0 Å². The maximum atomic E-state index is 11.8. The number of amides is 1. The molecule has 2 saturated heterocycles. The maximum absolute atomic E-state index is 11.8. The lowest BCUT2D eigenvalue weighted by molar-refractivity contribution is -0.131. The SMILES string of the molecule is COCCC(=O)N1C[C@@H]2CCCN[C@@H]2C1. The maximum Gasteiger partial charge on any atom is 0.224 e. The van der Waals surface area contributed by atoms with Gasteiger partial charge in [0.05, 0.1) is 13.0 Å². The van der Waals surface area contributed by atoms with E-state index in [1.54, 1.807) is 7.11 Å². The number of nitrogens with zero attached hydrogens (tertiary/aromatic N) is 1. The molecule has 0 radical (unpaired) electrons. The smallest absolute Gasteiger partial charge is 0.224 e. The molecule has 0 aliphatic carbocycles. The van der Waals surface area contributed by atoms with Crippen LogP contribution in [0, 0.1) is 5.92 Å². The summed E-state index contributed by atoms with van der Waals surface area (Å²) < 4.78 is 4.93. The fourth-order valence-electron chi connectivity index (χ4n) is 2.60. The highest BCUT2D eigenvalue weighted by Crippen LogP contribution is 2.25. The molecule has 86 valence electrons. The van der Waals surface area contributed by atoms with Crippen LogP contribution in [-0.2, 0) is 9.53 Å². The fourth-order valence-corrected chi connectivity index (χ4v) is 2.60. The molecule has 1 amide bonds. The van der Waals surface area contributed by atoms with Gasteiger partial charge >= 0.3 is 0 Å². The number of piperidine rings is 1. The van der Waals surface area contributed by atoms with E-state index in [1.807, 2.05) is 4.90 Å². The van der Waals surface area contributed by atoms with E-state index in [9.17, 15) is 4.79 Å². The lowest BCUT2D eigenvalue weighted by Gasteiger charge is -2.24. The van der Waals surface area contributed by atoms with E-state index in [1.165, 1.54) is 12.8 Å². The average molecular weight is 212 g/mol. The van der Waals surface area contributed by atoms with E-state index in [2.05, 4.69) is 5.32 Å². The Morgan fingerprint density at radius 1 is 1.53 bits per heavy atom. The van der Waals surface area contributed by atoms with Crippen LogP contribution in [0.3, 0.4) is 0 Å². The van der Waals surface area contributed by atoms with Crippen LogP contribution < -0.4 is 5.32 Å². The first kappa shape index (κ1) is 10.9. The summed E-state index contributed by atoms with van der Waals surface area (Å²) in [6, 6.07) is 0.547. The zero-order valence-electron chi connectivity index (χ0n) is 9.37. The number of ether oxygens (including phenoxy) is 1. The minimum Gasteiger partial charge on any atom is -0.384 e. The largest absolute Gasteiger partial charge is 0.384 e. The van der Waals surface area contributed by atoms with Crippen LogP contribution in [0.1, 0.15) is 19.3 Å². The van der Waals surface area contributed by atoms with E-state index in [0.29, 0.717) is 25.0 Å². The molecule has 2 rings (SSSR count). The molecule has 0 aromatic heterocycles. The topological polar surface area (TPSA) is 41.6 Å². The quantitative estimate of drug-likeness (QED) is 0.728. The minimum absolute atomic E-state index is 0.244. The Morgan fingerprint density at radius 3 is 3.13 bits per heavy atom. The predicted octanol–water partition coefficient (Wildman–Crippen LogP) is 0.233. The highest BCUT2D eigenvalue weighted by molar-refractivity contribution is 5.76. The van der Waals surface area contributed by atoms with Crippen molar-refractivity contribution in [1.82, 2.24) is 10.2 Å². The molecular formula is C11H20N2O2. The molecular weight excluding hydrogens is 192 g/mol. The van der Waals surface area contributed by atoms with Crippen LogP contribution in [0.25, 0.3) is 0 Å². The molecule has 4 heteroatoms. The van der Waals surface area contributed by atoms with Gasteiger partial charge in [-0.25, -0.2) is 0 Å². The number of carbonyl (C=O) groups excluding carboxylic acids is 1. The molecule has 4 nitrogen and oxygen atoms in total. The molecule has 0 saturated carbocycles. The summed E-state index contributed by atoms with van der Waals surface area (Å²) >= 11 is 0. The van der Waals surface area contributed by atoms with Gasteiger partial charge in [-0.1, -0.05) is 0 Å². The molecule has 2 atom stereocenters. The monoisotopic (exact) mass is 212 g/mol. The molecule has 0 bridgehead atoms. The van der Waals surface area contributed by atoms with Crippen molar-refractivity contribution in [3.63, 3.8) is 0 Å². The van der Waals surface area contributed by atoms with Gasteiger partial charge in [0.1, 0.15) is 0 Å². The average Bonchev–Trinajstić information content (AvgIpc) is 2.69. The molecule has 2 aliphatic heterocycles. The van der Waals surface area contributed by atoms with Crippen LogP contribution in [0.2, 0.25) is 0 Å². The molecule has 1 N–H and O–H groups in total. The number of carbonyl (C=O) groups is 1. The fraction of sp³-hybridized carbons (Fsp3) is 0.909. The third-order valence-electron chi connectivity index (χ3n) is 3.47. The van der Waals surface area contributed by atoms with E-state index < -0.39 is 0 Å². The Bertz CT molecular complexity index is 219. The highest BCUT2D eigenvalue weighted by Gasteiger charge is 2.35. The summed E-state index contributed by atoms with van der Waals surface area (Å²) in [5, 5.41) is 3.50. The lowest BCUT2D eigenvalue weighted by atomic mass is 9.94. The number of fused-ring (bicyclic) bond motifs is 1. The Kier molecular flexibility index (Phi) is 3.59. The van der Waals surface area contributed by atoms with E-state index in [0.717, 1.165) is 19.6 Å². The Morgan fingerprint density at radius 2 is 2.40 bits per heavy atom. The summed E-state index contributed by atoms with van der Waals surface area (Å²) in [5.74, 6) is 0.929. The molecule has 2 heterocycles. The number of rotatable bonds is 3. The van der Waals surface area contributed by atoms with Gasteiger partial charge in [-0.2, -0.15) is 0 Å². The van der Waals surface area contributed by atoms with E-state index in [-0.39, 0.29) is 5.91 Å². The van der Waals surface area contributed by atoms with Gasteiger partial charge in [0, 0.05) is 26.2 Å². The summed E-state index contributed by atoms with van der Waals surface area (Å²) in [4.78, 5) is 13.8. The van der Waals surface area contributed by atoms with Crippen LogP contribution >= 0.6 is 0 Å². The first-order valence-electron chi connectivity index (χ1n) is 5.81. The molecule has 2 aliphatic rings. The van der Waals surface area contributed by atoms with Gasteiger partial charge in [-0.3, -0.25) is 4.79 Å². The van der Waals surface area contributed by atoms with Crippen molar-refractivity contribution >= 4 is 5.91 Å². The Hall–Kier alpha value is -0.610. The number of likely N-dealkylation sites (tertiary alicyclic amines) is 1. The number of nitrogens with one attached hydrogen (secondary N) is 1. The van der Waals surface area contributed by atoms with Crippen molar-refractivity contribution in [3.05, 3.63) is 0 Å². The molecule has 0 unspecified atom stereocenters. The van der Waals surface area contributed by atoms with Gasteiger partial charge < -0.3 is 15.0 Å². The highest BCUT2D eigenvalue weighted by atomic mass is 16.5. The van der Waals surface area contributed by atoms with Gasteiger partial charge in [0.2, 0.25) is 5.91 Å². The number of hydrogen-bond acceptors (Lipinski definition) is 3. The second kappa shape index (κ2) is 4.94. The van der Waals surface area contributed by atoms with Crippen molar-refractivity contribution in [2.24, 2.45) is 5.92 Å².